The van der Waals surface area contributed by atoms with Crippen LogP contribution in [-0.2, 0) is 0 Å². The molecule has 0 radical (unpaired) electrons. The number of ketones is 1. The van der Waals surface area contributed by atoms with Gasteiger partial charge in [-0.25, -0.2) is 0 Å². The van der Waals surface area contributed by atoms with Gasteiger partial charge in [-0.3, -0.25) is 14.9 Å². The van der Waals surface area contributed by atoms with Crippen LogP contribution in [0.25, 0.3) is 0 Å². The van der Waals surface area contributed by atoms with Crippen LogP contribution in [-0.4, -0.2) is 10.7 Å². The molecule has 26 heavy (non-hydrogen) atoms. The lowest BCUT2D eigenvalue weighted by Crippen LogP contribution is -2.05. The highest BCUT2D eigenvalue weighted by Gasteiger charge is 2.09. The number of nitro benzene ring substituents is 1. The first-order chi connectivity index (χ1) is 12.6. The maximum atomic E-state index is 12.5. The molecule has 5 heteroatoms. The number of hydrogen-bond acceptors (Lipinski definition) is 4. The summed E-state index contributed by atoms with van der Waals surface area (Å²) in [4.78, 5) is 23.0. The number of nitrogens with zero attached hydrogens (tertiary/aromatic N) is 1. The monoisotopic (exact) mass is 352 g/mol. The highest BCUT2D eigenvalue weighted by molar-refractivity contribution is 6.05. The largest absolute Gasteiger partial charge is 0.359 e. The van der Waals surface area contributed by atoms with E-state index in [0.29, 0.717) is 11.3 Å². The van der Waals surface area contributed by atoms with Crippen molar-refractivity contribution < 1.29 is 9.72 Å². The fraction of sp³-hybridized carbons (Fsp3) is 0.286. The third kappa shape index (κ3) is 6.16. The molecule has 0 bridgehead atoms. The van der Waals surface area contributed by atoms with Gasteiger partial charge >= 0.3 is 0 Å². The standard InChI is InChI=1S/C21H24N2O3/c1-2-3-4-8-12-19(16-21(24)17-10-6-5-7-11-17)22-18-13-9-14-20(15-18)23(25)26/h5-7,9-11,13-16,22H,2-4,8,12H2,1H3/b19-16-. The molecule has 0 aliphatic carbocycles. The van der Waals surface area contributed by atoms with Crippen molar-refractivity contribution in [2.24, 2.45) is 0 Å². The van der Waals surface area contributed by atoms with E-state index < -0.39 is 4.92 Å². The number of rotatable bonds is 10. The van der Waals surface area contributed by atoms with Crippen molar-refractivity contribution in [2.45, 2.75) is 39.0 Å². The quantitative estimate of drug-likeness (QED) is 0.194. The van der Waals surface area contributed by atoms with E-state index in [2.05, 4.69) is 12.2 Å². The zero-order valence-electron chi connectivity index (χ0n) is 15.0. The van der Waals surface area contributed by atoms with E-state index in [1.807, 2.05) is 18.2 Å². The molecule has 0 unspecified atom stereocenters. The van der Waals surface area contributed by atoms with Crippen LogP contribution < -0.4 is 5.32 Å². The molecule has 0 amide bonds. The van der Waals surface area contributed by atoms with Gasteiger partial charge < -0.3 is 5.32 Å². The van der Waals surface area contributed by atoms with Crippen LogP contribution in [0.1, 0.15) is 49.4 Å². The molecular formula is C21H24N2O3. The first kappa shape index (κ1) is 19.4. The van der Waals surface area contributed by atoms with Crippen molar-refractivity contribution in [1.29, 1.82) is 0 Å². The SMILES string of the molecule is CCCCCC/C(=C/C(=O)c1ccccc1)Nc1cccc([N+](=O)[O-])c1. The lowest BCUT2D eigenvalue weighted by Gasteiger charge is -2.11. The second kappa shape index (κ2) is 10.1. The second-order valence-electron chi connectivity index (χ2n) is 6.14. The zero-order valence-corrected chi connectivity index (χ0v) is 15.0. The van der Waals surface area contributed by atoms with Crippen molar-refractivity contribution in [3.63, 3.8) is 0 Å². The second-order valence-corrected chi connectivity index (χ2v) is 6.14. The van der Waals surface area contributed by atoms with Gasteiger partial charge in [0.2, 0.25) is 0 Å². The lowest BCUT2D eigenvalue weighted by atomic mass is 10.1. The van der Waals surface area contributed by atoms with Crippen molar-refractivity contribution in [3.05, 3.63) is 82.0 Å². The number of anilines is 1. The fourth-order valence-corrected chi connectivity index (χ4v) is 2.64. The first-order valence-corrected chi connectivity index (χ1v) is 8.91. The molecule has 0 aromatic heterocycles. The number of unbranched alkanes of at least 4 members (excludes halogenated alkanes) is 3. The topological polar surface area (TPSA) is 72.2 Å². The molecular weight excluding hydrogens is 328 g/mol. The normalized spacial score (nSPS) is 11.2. The Kier molecular flexibility index (Phi) is 7.55. The number of carbonyl (C=O) groups is 1. The molecule has 2 aromatic carbocycles. The molecule has 0 atom stereocenters. The van der Waals surface area contributed by atoms with E-state index in [9.17, 15) is 14.9 Å². The molecule has 2 aromatic rings. The smallest absolute Gasteiger partial charge is 0.271 e. The molecule has 0 saturated heterocycles. The summed E-state index contributed by atoms with van der Waals surface area (Å²) in [5, 5.41) is 14.1. The van der Waals surface area contributed by atoms with Gasteiger partial charge in [-0.2, -0.15) is 0 Å². The summed E-state index contributed by atoms with van der Waals surface area (Å²) in [6.45, 7) is 2.15. The van der Waals surface area contributed by atoms with Crippen molar-refractivity contribution >= 4 is 17.2 Å². The minimum Gasteiger partial charge on any atom is -0.359 e. The van der Waals surface area contributed by atoms with Crippen LogP contribution >= 0.6 is 0 Å². The maximum Gasteiger partial charge on any atom is 0.271 e. The molecule has 0 aliphatic rings. The summed E-state index contributed by atoms with van der Waals surface area (Å²) < 4.78 is 0. The minimum absolute atomic E-state index is 0.0229. The number of allylic oxidation sites excluding steroid dienone is 2. The van der Waals surface area contributed by atoms with Gasteiger partial charge in [-0.1, -0.05) is 62.6 Å². The van der Waals surface area contributed by atoms with Gasteiger partial charge in [-0.05, 0) is 18.9 Å². The van der Waals surface area contributed by atoms with Gasteiger partial charge in [0, 0.05) is 35.2 Å². The van der Waals surface area contributed by atoms with Gasteiger partial charge in [0.25, 0.3) is 5.69 Å². The van der Waals surface area contributed by atoms with Crippen LogP contribution in [0.3, 0.4) is 0 Å². The summed E-state index contributed by atoms with van der Waals surface area (Å²) in [5.41, 5.74) is 2.03. The Labute approximate surface area is 153 Å². The van der Waals surface area contributed by atoms with Crippen LogP contribution in [0.5, 0.6) is 0 Å². The Morgan fingerprint density at radius 1 is 1.08 bits per heavy atom. The zero-order chi connectivity index (χ0) is 18.8. The molecule has 1 N–H and O–H groups in total. The predicted octanol–water partition coefficient (Wildman–Crippen LogP) is 5.74. The summed E-state index contributed by atoms with van der Waals surface area (Å²) in [6, 6.07) is 15.4. The Morgan fingerprint density at radius 3 is 2.54 bits per heavy atom. The molecule has 0 heterocycles. The van der Waals surface area contributed by atoms with Crippen molar-refractivity contribution in [3.8, 4) is 0 Å². The molecule has 0 saturated carbocycles. The predicted molar refractivity (Wildman–Crippen MR) is 104 cm³/mol. The summed E-state index contributed by atoms with van der Waals surface area (Å²) in [5.74, 6) is -0.0750. The van der Waals surface area contributed by atoms with E-state index >= 15 is 0 Å². The van der Waals surface area contributed by atoms with Gasteiger partial charge in [0.05, 0.1) is 4.92 Å². The first-order valence-electron chi connectivity index (χ1n) is 8.91. The van der Waals surface area contributed by atoms with Crippen LogP contribution in [0.15, 0.2) is 66.4 Å². The van der Waals surface area contributed by atoms with Gasteiger partial charge in [0.1, 0.15) is 0 Å². The number of benzene rings is 2. The van der Waals surface area contributed by atoms with Crippen molar-refractivity contribution in [1.82, 2.24) is 0 Å². The fourth-order valence-electron chi connectivity index (χ4n) is 2.64. The molecule has 5 nitrogen and oxygen atoms in total. The van der Waals surface area contributed by atoms with Gasteiger partial charge in [-0.15, -0.1) is 0 Å². The molecule has 0 fully saturated rings. The summed E-state index contributed by atoms with van der Waals surface area (Å²) in [7, 11) is 0. The molecule has 0 spiro atoms. The van der Waals surface area contributed by atoms with E-state index in [-0.39, 0.29) is 11.5 Å². The van der Waals surface area contributed by atoms with E-state index in [1.54, 1.807) is 30.3 Å². The van der Waals surface area contributed by atoms with Gasteiger partial charge in [0.15, 0.2) is 5.78 Å². The third-order valence-corrected chi connectivity index (χ3v) is 4.03. The number of nitro groups is 1. The molecule has 2 rings (SSSR count). The average Bonchev–Trinajstić information content (AvgIpc) is 2.66. The van der Waals surface area contributed by atoms with E-state index in [1.165, 1.54) is 12.1 Å². The highest BCUT2D eigenvalue weighted by Crippen LogP contribution is 2.21. The maximum absolute atomic E-state index is 12.5. The molecule has 0 aliphatic heterocycles. The molecule has 136 valence electrons. The van der Waals surface area contributed by atoms with Crippen molar-refractivity contribution in [2.75, 3.05) is 5.32 Å². The van der Waals surface area contributed by atoms with Crippen LogP contribution in [0.2, 0.25) is 0 Å². The minimum atomic E-state index is -0.426. The number of non-ortho nitro benzene ring substituents is 1. The third-order valence-electron chi connectivity index (χ3n) is 4.03. The lowest BCUT2D eigenvalue weighted by molar-refractivity contribution is -0.384. The Hall–Kier alpha value is -2.95. The van der Waals surface area contributed by atoms with E-state index in [0.717, 1.165) is 37.8 Å². The Balaban J connectivity index is 2.17. The Morgan fingerprint density at radius 2 is 1.85 bits per heavy atom. The number of hydrogen-bond donors (Lipinski definition) is 1. The average molecular weight is 352 g/mol. The summed E-state index contributed by atoms with van der Waals surface area (Å²) in [6.07, 6.45) is 6.66. The Bertz CT molecular complexity index is 770. The number of carbonyl (C=O) groups excluding carboxylic acids is 1. The summed E-state index contributed by atoms with van der Waals surface area (Å²) >= 11 is 0. The van der Waals surface area contributed by atoms with E-state index in [4.69, 9.17) is 0 Å². The number of nitrogens with one attached hydrogen (secondary N) is 1. The van der Waals surface area contributed by atoms with Crippen LogP contribution in [0.4, 0.5) is 11.4 Å². The highest BCUT2D eigenvalue weighted by atomic mass is 16.6. The van der Waals surface area contributed by atoms with Crippen LogP contribution in [0, 0.1) is 10.1 Å².